The summed E-state index contributed by atoms with van der Waals surface area (Å²) in [7, 11) is 0. The minimum atomic E-state index is -0.578. The molecule has 0 spiro atoms. The van der Waals surface area contributed by atoms with Gasteiger partial charge in [-0.1, -0.05) is 6.07 Å². The molecule has 0 bridgehead atoms. The summed E-state index contributed by atoms with van der Waals surface area (Å²) in [6, 6.07) is 5.50. The van der Waals surface area contributed by atoms with Gasteiger partial charge in [0.25, 0.3) is 0 Å². The maximum Gasteiger partial charge on any atom is 0.312 e. The molecule has 116 valence electrons. The highest BCUT2D eigenvalue weighted by atomic mass is 16.2. The third-order valence-corrected chi connectivity index (χ3v) is 2.88. The van der Waals surface area contributed by atoms with Gasteiger partial charge in [-0.05, 0) is 25.0 Å². The number of rotatable bonds is 4. The summed E-state index contributed by atoms with van der Waals surface area (Å²) in [6.07, 6.45) is 4.49. The maximum atomic E-state index is 10.2. The average Bonchev–Trinajstić information content (AvgIpc) is 2.99. The second-order valence-electron chi connectivity index (χ2n) is 4.66. The molecule has 0 aromatic carbocycles. The molecule has 1 aliphatic rings. The second-order valence-corrected chi connectivity index (χ2v) is 4.66. The number of nitrogens with one attached hydrogen (secondary N) is 2. The lowest BCUT2D eigenvalue weighted by Gasteiger charge is -2.14. The highest BCUT2D eigenvalue weighted by Crippen LogP contribution is 2.15. The first-order valence-corrected chi connectivity index (χ1v) is 7.03. The molecule has 1 saturated heterocycles. The number of hydrogen-bond acceptors (Lipinski definition) is 4. The van der Waals surface area contributed by atoms with Gasteiger partial charge in [0.1, 0.15) is 5.82 Å². The van der Waals surface area contributed by atoms with Crippen LogP contribution in [0.5, 0.6) is 0 Å². The number of amides is 3. The van der Waals surface area contributed by atoms with Gasteiger partial charge in [0.15, 0.2) is 0 Å². The van der Waals surface area contributed by atoms with Crippen molar-refractivity contribution in [3.05, 3.63) is 24.4 Å². The lowest BCUT2D eigenvalue weighted by atomic mass is 10.4. The summed E-state index contributed by atoms with van der Waals surface area (Å²) in [5.41, 5.74) is 4.75. The molecule has 1 aromatic rings. The third kappa shape index (κ3) is 7.76. The fourth-order valence-electron chi connectivity index (χ4n) is 1.91. The summed E-state index contributed by atoms with van der Waals surface area (Å²) in [5, 5.41) is 4.82. The lowest BCUT2D eigenvalue weighted by Crippen LogP contribution is -2.36. The zero-order chi connectivity index (χ0) is 15.5. The molecule has 7 nitrogen and oxygen atoms in total. The Morgan fingerprint density at radius 1 is 1.24 bits per heavy atom. The van der Waals surface area contributed by atoms with Crippen LogP contribution in [0, 0.1) is 0 Å². The number of aromatic nitrogens is 1. The summed E-state index contributed by atoms with van der Waals surface area (Å²) < 4.78 is 0. The minimum Gasteiger partial charge on any atom is -0.357 e. The molecule has 21 heavy (non-hydrogen) atoms. The lowest BCUT2D eigenvalue weighted by molar-refractivity contribution is -0.118. The fourth-order valence-corrected chi connectivity index (χ4v) is 1.91. The smallest absolute Gasteiger partial charge is 0.312 e. The summed E-state index contributed by atoms with van der Waals surface area (Å²) in [5.74, 6) is 1.01. The molecular formula is C14H23N5O2. The quantitative estimate of drug-likeness (QED) is 0.703. The molecule has 0 aliphatic carbocycles. The molecule has 4 N–H and O–H groups in total. The number of nitrogens with zero attached hydrogens (tertiary/aromatic N) is 2. The van der Waals surface area contributed by atoms with Crippen molar-refractivity contribution in [3.63, 3.8) is 0 Å². The first kappa shape index (κ1) is 16.7. The second kappa shape index (κ2) is 9.57. The van der Waals surface area contributed by atoms with Crippen LogP contribution in [-0.4, -0.2) is 43.1 Å². The highest BCUT2D eigenvalue weighted by molar-refractivity contribution is 5.73. The van der Waals surface area contributed by atoms with Crippen LogP contribution in [-0.2, 0) is 4.79 Å². The van der Waals surface area contributed by atoms with Crippen LogP contribution in [0.1, 0.15) is 19.8 Å². The normalized spacial score (nSPS) is 13.1. The van der Waals surface area contributed by atoms with Gasteiger partial charge in [-0.2, -0.15) is 0 Å². The van der Waals surface area contributed by atoms with E-state index in [4.69, 9.17) is 5.73 Å². The fraction of sp³-hybridized carbons (Fsp3) is 0.500. The summed E-state index contributed by atoms with van der Waals surface area (Å²) in [6.45, 7) is 4.55. The van der Waals surface area contributed by atoms with E-state index in [0.29, 0.717) is 13.1 Å². The van der Waals surface area contributed by atoms with Gasteiger partial charge in [-0.3, -0.25) is 4.79 Å². The van der Waals surface area contributed by atoms with Crippen molar-refractivity contribution in [2.24, 2.45) is 5.73 Å². The molecule has 2 heterocycles. The Morgan fingerprint density at radius 2 is 1.90 bits per heavy atom. The number of hydrogen-bond donors (Lipinski definition) is 3. The van der Waals surface area contributed by atoms with Crippen LogP contribution in [0.4, 0.5) is 10.6 Å². The predicted molar refractivity (Wildman–Crippen MR) is 82.0 cm³/mol. The van der Waals surface area contributed by atoms with Crippen molar-refractivity contribution in [2.45, 2.75) is 19.8 Å². The Labute approximate surface area is 124 Å². The van der Waals surface area contributed by atoms with Crippen LogP contribution >= 0.6 is 0 Å². The topological polar surface area (TPSA) is 100 Å². The molecule has 0 unspecified atom stereocenters. The van der Waals surface area contributed by atoms with Gasteiger partial charge in [-0.25, -0.2) is 9.78 Å². The van der Waals surface area contributed by atoms with E-state index in [1.165, 1.54) is 32.9 Å². The van der Waals surface area contributed by atoms with E-state index in [9.17, 15) is 9.59 Å². The highest BCUT2D eigenvalue weighted by Gasteiger charge is 2.11. The van der Waals surface area contributed by atoms with E-state index < -0.39 is 6.03 Å². The van der Waals surface area contributed by atoms with E-state index in [0.717, 1.165) is 5.82 Å². The Balaban J connectivity index is 0.000000212. The van der Waals surface area contributed by atoms with E-state index in [1.807, 2.05) is 18.3 Å². The predicted octanol–water partition coefficient (Wildman–Crippen LogP) is 0.473. The number of primary amides is 1. The Hall–Kier alpha value is -2.31. The number of carbonyl (C=O) groups excluding carboxylic acids is 2. The van der Waals surface area contributed by atoms with Gasteiger partial charge in [0.05, 0.1) is 0 Å². The Morgan fingerprint density at radius 3 is 2.43 bits per heavy atom. The van der Waals surface area contributed by atoms with Crippen molar-refractivity contribution in [3.8, 4) is 0 Å². The van der Waals surface area contributed by atoms with E-state index in [2.05, 4.69) is 26.6 Å². The summed E-state index contributed by atoms with van der Waals surface area (Å²) >= 11 is 0. The van der Waals surface area contributed by atoms with E-state index in [-0.39, 0.29) is 5.91 Å². The number of anilines is 1. The third-order valence-electron chi connectivity index (χ3n) is 2.88. The molecule has 1 aromatic heterocycles. The standard InChI is InChI=1S/C9H12N2.C5H11N3O2/c1-2-6-10-9(5-1)11-7-3-4-8-11;1-4(9)7-2-3-8-5(6)10/h1-2,5-6H,3-4,7-8H2;2-3H2,1H3,(H,7,9)(H3,6,8,10). The van der Waals surface area contributed by atoms with E-state index >= 15 is 0 Å². The molecule has 2 rings (SSSR count). The first-order chi connectivity index (χ1) is 10.1. The molecular weight excluding hydrogens is 270 g/mol. The Kier molecular flexibility index (Phi) is 7.63. The zero-order valence-corrected chi connectivity index (χ0v) is 12.3. The number of pyridine rings is 1. The summed E-state index contributed by atoms with van der Waals surface area (Å²) in [4.78, 5) is 26.9. The van der Waals surface area contributed by atoms with Crippen LogP contribution in [0.3, 0.4) is 0 Å². The molecule has 0 radical (unpaired) electrons. The molecule has 7 heteroatoms. The number of urea groups is 1. The van der Waals surface area contributed by atoms with Gasteiger partial charge < -0.3 is 21.3 Å². The van der Waals surface area contributed by atoms with Gasteiger partial charge in [0.2, 0.25) is 5.91 Å². The van der Waals surface area contributed by atoms with Crippen LogP contribution in [0.15, 0.2) is 24.4 Å². The van der Waals surface area contributed by atoms with Crippen molar-refractivity contribution >= 4 is 17.8 Å². The molecule has 0 saturated carbocycles. The molecule has 1 fully saturated rings. The zero-order valence-electron chi connectivity index (χ0n) is 12.3. The van der Waals surface area contributed by atoms with Crippen molar-refractivity contribution in [1.82, 2.24) is 15.6 Å². The van der Waals surface area contributed by atoms with Crippen molar-refractivity contribution in [1.29, 1.82) is 0 Å². The van der Waals surface area contributed by atoms with Gasteiger partial charge >= 0.3 is 6.03 Å². The van der Waals surface area contributed by atoms with Crippen LogP contribution in [0.25, 0.3) is 0 Å². The monoisotopic (exact) mass is 293 g/mol. The SMILES string of the molecule is CC(=O)NCCNC(N)=O.c1ccc(N2CCCC2)nc1. The van der Waals surface area contributed by atoms with Crippen molar-refractivity contribution in [2.75, 3.05) is 31.1 Å². The average molecular weight is 293 g/mol. The van der Waals surface area contributed by atoms with Gasteiger partial charge in [0, 0.05) is 39.3 Å². The largest absolute Gasteiger partial charge is 0.357 e. The van der Waals surface area contributed by atoms with Gasteiger partial charge in [-0.15, -0.1) is 0 Å². The number of nitrogens with two attached hydrogens (primary N) is 1. The molecule has 3 amide bonds. The van der Waals surface area contributed by atoms with Crippen molar-refractivity contribution < 1.29 is 9.59 Å². The maximum absolute atomic E-state index is 10.2. The van der Waals surface area contributed by atoms with Crippen LogP contribution in [0.2, 0.25) is 0 Å². The number of carbonyl (C=O) groups is 2. The first-order valence-electron chi connectivity index (χ1n) is 7.03. The Bertz CT molecular complexity index is 416. The molecule has 1 aliphatic heterocycles. The van der Waals surface area contributed by atoms with E-state index in [1.54, 1.807) is 0 Å². The minimum absolute atomic E-state index is 0.119. The molecule has 0 atom stereocenters. The van der Waals surface area contributed by atoms with Crippen LogP contribution < -0.4 is 21.3 Å².